The summed E-state index contributed by atoms with van der Waals surface area (Å²) in [4.78, 5) is 32.4. The zero-order valence-electron chi connectivity index (χ0n) is 19.9. The number of anilines is 2. The van der Waals surface area contributed by atoms with E-state index in [2.05, 4.69) is 20.4 Å². The van der Waals surface area contributed by atoms with Crippen LogP contribution in [0.3, 0.4) is 0 Å². The van der Waals surface area contributed by atoms with Gasteiger partial charge in [-0.05, 0) is 43.4 Å². The van der Waals surface area contributed by atoms with Gasteiger partial charge in [-0.2, -0.15) is 5.10 Å². The third-order valence-electron chi connectivity index (χ3n) is 5.14. The van der Waals surface area contributed by atoms with Crippen LogP contribution in [0.25, 0.3) is 10.9 Å². The van der Waals surface area contributed by atoms with Crippen molar-refractivity contribution in [2.75, 3.05) is 17.7 Å². The highest BCUT2D eigenvalue weighted by molar-refractivity contribution is 8.01. The lowest BCUT2D eigenvalue weighted by Crippen LogP contribution is -2.14. The molecule has 0 bridgehead atoms. The SMILES string of the molecule is CCOc1cc2ncnc(Nc3ccc(F)c(Cl)c3)c2cc1CC(=O)Cn1nc(SCCC(=O)O)sc1=S. The Morgan fingerprint density at radius 1 is 1.29 bits per heavy atom. The van der Waals surface area contributed by atoms with Crippen LogP contribution in [0.5, 0.6) is 5.75 Å². The summed E-state index contributed by atoms with van der Waals surface area (Å²) >= 11 is 13.8. The number of fused-ring (bicyclic) bond motifs is 1. The van der Waals surface area contributed by atoms with Gasteiger partial charge in [-0.15, -0.1) is 0 Å². The molecule has 0 unspecified atom stereocenters. The number of nitrogens with zero attached hydrogens (tertiary/aromatic N) is 4. The number of carbonyl (C=O) groups is 2. The van der Waals surface area contributed by atoms with Gasteiger partial charge < -0.3 is 15.2 Å². The van der Waals surface area contributed by atoms with Crippen molar-refractivity contribution < 1.29 is 23.8 Å². The average molecular weight is 594 g/mol. The van der Waals surface area contributed by atoms with Crippen LogP contribution in [0.1, 0.15) is 18.9 Å². The molecule has 198 valence electrons. The summed E-state index contributed by atoms with van der Waals surface area (Å²) in [6, 6.07) is 7.79. The Balaban J connectivity index is 1.57. The fraction of sp³-hybridized carbons (Fsp3) is 0.250. The molecule has 2 heterocycles. The van der Waals surface area contributed by atoms with Crippen molar-refractivity contribution in [2.45, 2.75) is 30.6 Å². The summed E-state index contributed by atoms with van der Waals surface area (Å²) in [6.07, 6.45) is 1.45. The van der Waals surface area contributed by atoms with E-state index in [-0.39, 0.29) is 30.2 Å². The van der Waals surface area contributed by atoms with E-state index in [4.69, 9.17) is 33.7 Å². The molecular formula is C24H21ClFN5O4S3. The molecule has 0 spiro atoms. The van der Waals surface area contributed by atoms with Gasteiger partial charge in [0.2, 0.25) is 0 Å². The monoisotopic (exact) mass is 593 g/mol. The van der Waals surface area contributed by atoms with Gasteiger partial charge in [-0.25, -0.2) is 19.0 Å². The predicted molar refractivity (Wildman–Crippen MR) is 148 cm³/mol. The van der Waals surface area contributed by atoms with Gasteiger partial charge in [0.05, 0.1) is 23.6 Å². The molecule has 0 amide bonds. The number of carboxylic acids is 1. The van der Waals surface area contributed by atoms with E-state index in [1.165, 1.54) is 46.2 Å². The van der Waals surface area contributed by atoms with Gasteiger partial charge in [-0.3, -0.25) is 9.59 Å². The quantitative estimate of drug-likeness (QED) is 0.151. The number of aromatic nitrogens is 4. The predicted octanol–water partition coefficient (Wildman–Crippen LogP) is 5.93. The summed E-state index contributed by atoms with van der Waals surface area (Å²) in [5.41, 5.74) is 1.77. The smallest absolute Gasteiger partial charge is 0.304 e. The Bertz CT molecular complexity index is 1560. The highest BCUT2D eigenvalue weighted by Crippen LogP contribution is 2.31. The molecule has 0 atom stereocenters. The van der Waals surface area contributed by atoms with Crippen molar-refractivity contribution in [1.29, 1.82) is 0 Å². The number of hydrogen-bond donors (Lipinski definition) is 2. The second-order valence-corrected chi connectivity index (χ2v) is 11.3. The molecule has 0 aliphatic heterocycles. The zero-order valence-corrected chi connectivity index (χ0v) is 23.1. The molecule has 0 saturated carbocycles. The topological polar surface area (TPSA) is 119 Å². The van der Waals surface area contributed by atoms with Gasteiger partial charge in [-0.1, -0.05) is 34.7 Å². The van der Waals surface area contributed by atoms with Crippen molar-refractivity contribution in [1.82, 2.24) is 19.7 Å². The van der Waals surface area contributed by atoms with Crippen LogP contribution in [0.2, 0.25) is 5.02 Å². The highest BCUT2D eigenvalue weighted by Gasteiger charge is 2.16. The first-order chi connectivity index (χ1) is 18.2. The van der Waals surface area contributed by atoms with Crippen LogP contribution in [-0.2, 0) is 22.6 Å². The molecule has 38 heavy (non-hydrogen) atoms. The molecule has 14 heteroatoms. The number of carbonyl (C=O) groups excluding carboxylic acids is 1. The fourth-order valence-electron chi connectivity index (χ4n) is 3.47. The van der Waals surface area contributed by atoms with E-state index >= 15 is 0 Å². The normalized spacial score (nSPS) is 11.0. The van der Waals surface area contributed by atoms with Gasteiger partial charge in [0.25, 0.3) is 0 Å². The fourth-order valence-corrected chi connectivity index (χ4v) is 5.98. The van der Waals surface area contributed by atoms with Gasteiger partial charge >= 0.3 is 5.97 Å². The summed E-state index contributed by atoms with van der Waals surface area (Å²) in [5, 5.41) is 16.9. The number of thioether (sulfide) groups is 1. The summed E-state index contributed by atoms with van der Waals surface area (Å²) in [6.45, 7) is 2.20. The zero-order chi connectivity index (χ0) is 27.2. The summed E-state index contributed by atoms with van der Waals surface area (Å²) in [7, 11) is 0. The Labute approximate surface area is 235 Å². The second kappa shape index (κ2) is 12.6. The van der Waals surface area contributed by atoms with E-state index in [9.17, 15) is 14.0 Å². The minimum atomic E-state index is -0.888. The van der Waals surface area contributed by atoms with Crippen LogP contribution >= 0.6 is 46.9 Å². The standard InChI is InChI=1S/C24H21ClFN5O4S3/c1-2-35-20-10-19-16(22(28-12-27-19)29-14-3-4-18(26)17(25)9-14)8-13(20)7-15(32)11-31-24(36)38-23(30-31)37-6-5-21(33)34/h3-4,8-10,12H,2,5-7,11H2,1H3,(H,33,34)(H,27,28,29). The first kappa shape index (κ1) is 27.9. The number of ether oxygens (including phenoxy) is 1. The van der Waals surface area contributed by atoms with E-state index in [0.29, 0.717) is 54.4 Å². The maximum absolute atomic E-state index is 13.6. The van der Waals surface area contributed by atoms with Crippen LogP contribution in [0, 0.1) is 9.77 Å². The van der Waals surface area contributed by atoms with Gasteiger partial charge in [0.15, 0.2) is 14.1 Å². The van der Waals surface area contributed by atoms with E-state index in [1.807, 2.05) is 6.92 Å². The van der Waals surface area contributed by atoms with E-state index < -0.39 is 11.8 Å². The number of nitrogens with one attached hydrogen (secondary N) is 1. The van der Waals surface area contributed by atoms with Crippen LogP contribution < -0.4 is 10.1 Å². The molecule has 0 radical (unpaired) electrons. The molecule has 4 rings (SSSR count). The number of rotatable bonds is 12. The van der Waals surface area contributed by atoms with Crippen LogP contribution in [0.4, 0.5) is 15.9 Å². The maximum atomic E-state index is 13.6. The van der Waals surface area contributed by atoms with Crippen molar-refractivity contribution in [3.05, 3.63) is 57.0 Å². The first-order valence-electron chi connectivity index (χ1n) is 11.3. The lowest BCUT2D eigenvalue weighted by molar-refractivity contribution is -0.136. The molecule has 0 fully saturated rings. The van der Waals surface area contributed by atoms with Crippen molar-refractivity contribution in [3.8, 4) is 5.75 Å². The number of benzene rings is 2. The minimum Gasteiger partial charge on any atom is -0.494 e. The number of carboxylic acid groups (broad SMARTS) is 1. The van der Waals surface area contributed by atoms with Gasteiger partial charge in [0.1, 0.15) is 30.3 Å². The number of hydrogen-bond acceptors (Lipinski definition) is 10. The first-order valence-corrected chi connectivity index (χ1v) is 13.9. The maximum Gasteiger partial charge on any atom is 0.304 e. The average Bonchev–Trinajstić information content (AvgIpc) is 3.20. The van der Waals surface area contributed by atoms with Crippen LogP contribution in [-0.4, -0.2) is 49.0 Å². The van der Waals surface area contributed by atoms with Crippen molar-refractivity contribution in [2.24, 2.45) is 0 Å². The van der Waals surface area contributed by atoms with Crippen LogP contribution in [0.15, 0.2) is 41.0 Å². The number of halogens is 2. The molecule has 2 N–H and O–H groups in total. The molecular weight excluding hydrogens is 573 g/mol. The molecule has 0 aliphatic rings. The largest absolute Gasteiger partial charge is 0.494 e. The molecule has 2 aromatic carbocycles. The Hall–Kier alpha value is -3.13. The Morgan fingerprint density at radius 3 is 2.84 bits per heavy atom. The molecule has 4 aromatic rings. The van der Waals surface area contributed by atoms with Gasteiger partial charge in [0, 0.05) is 34.9 Å². The molecule has 0 saturated heterocycles. The lowest BCUT2D eigenvalue weighted by atomic mass is 10.0. The number of ketones is 1. The number of Topliss-reactive ketones (excluding diaryl/α,β-unsaturated/α-hetero) is 1. The van der Waals surface area contributed by atoms with Crippen molar-refractivity contribution in [3.63, 3.8) is 0 Å². The summed E-state index contributed by atoms with van der Waals surface area (Å²) in [5.74, 6) is -0.220. The molecule has 2 aromatic heterocycles. The minimum absolute atomic E-state index is 0.00681. The second-order valence-electron chi connectivity index (χ2n) is 7.89. The lowest BCUT2D eigenvalue weighted by Gasteiger charge is -2.14. The summed E-state index contributed by atoms with van der Waals surface area (Å²) < 4.78 is 21.9. The Morgan fingerprint density at radius 2 is 2.11 bits per heavy atom. The Kier molecular flexibility index (Phi) is 9.26. The molecule has 0 aliphatic carbocycles. The number of aliphatic carboxylic acids is 1. The van der Waals surface area contributed by atoms with E-state index in [0.717, 1.165) is 0 Å². The van der Waals surface area contributed by atoms with E-state index in [1.54, 1.807) is 18.2 Å². The highest BCUT2D eigenvalue weighted by atomic mass is 35.5. The third kappa shape index (κ3) is 7.04. The molecule has 9 nitrogen and oxygen atoms in total. The third-order valence-corrected chi connectivity index (χ3v) is 7.88. The van der Waals surface area contributed by atoms with Crippen molar-refractivity contribution >= 4 is 81.1 Å².